The van der Waals surface area contributed by atoms with E-state index in [-0.39, 0.29) is 18.0 Å². The van der Waals surface area contributed by atoms with Gasteiger partial charge < -0.3 is 14.5 Å². The van der Waals surface area contributed by atoms with Crippen LogP contribution in [0.4, 0.5) is 4.79 Å². The normalized spacial score (nSPS) is 28.4. The summed E-state index contributed by atoms with van der Waals surface area (Å²) in [4.78, 5) is 32.2. The molecule has 38 heavy (non-hydrogen) atoms. The molecule has 0 bridgehead atoms. The zero-order chi connectivity index (χ0) is 26.9. The van der Waals surface area contributed by atoms with E-state index < -0.39 is 5.60 Å². The van der Waals surface area contributed by atoms with Crippen molar-refractivity contribution < 1.29 is 14.3 Å². The summed E-state index contributed by atoms with van der Waals surface area (Å²) in [6.45, 7) is 11.4. The van der Waals surface area contributed by atoms with Crippen LogP contribution < -0.4 is 0 Å². The van der Waals surface area contributed by atoms with E-state index >= 15 is 0 Å². The number of allylic oxidation sites excluding steroid dienone is 3. The summed E-state index contributed by atoms with van der Waals surface area (Å²) in [5, 5.41) is 0. The fourth-order valence-corrected chi connectivity index (χ4v) is 6.94. The Labute approximate surface area is 228 Å². The monoisotopic (exact) mass is 519 g/mol. The number of fused-ring (bicyclic) bond motifs is 2. The molecule has 0 spiro atoms. The van der Waals surface area contributed by atoms with Gasteiger partial charge in [-0.15, -0.1) is 0 Å². The lowest BCUT2D eigenvalue weighted by Crippen LogP contribution is -2.56. The standard InChI is InChI=1S/C32H45N3O3/c1-23-22-34(31(37)38-32(2,3)4)19-20-35(23)29(36)21-24-15-17-33(18-16-24)30-27-11-7-5-9-25(27)13-14-26-10-6-8-12-28(26)30/h5-12,23-25,27,30H,13-22H2,1-4H3/t23-,25?,27?,30?/m0/s1. The SMILES string of the molecule is C[C@H]1CN(C(=O)OC(C)(C)C)CCN1C(=O)CC1CCN(C2c3ccccc3CCC3C=CC=CC32)CC1. The molecule has 0 aromatic heterocycles. The lowest BCUT2D eigenvalue weighted by atomic mass is 9.78. The molecule has 2 fully saturated rings. The number of hydrogen-bond acceptors (Lipinski definition) is 4. The summed E-state index contributed by atoms with van der Waals surface area (Å²) >= 11 is 0. The Bertz CT molecular complexity index is 1070. The highest BCUT2D eigenvalue weighted by Crippen LogP contribution is 2.44. The van der Waals surface area contributed by atoms with E-state index in [0.29, 0.717) is 49.9 Å². The predicted molar refractivity (Wildman–Crippen MR) is 151 cm³/mol. The smallest absolute Gasteiger partial charge is 0.410 e. The topological polar surface area (TPSA) is 53.1 Å². The van der Waals surface area contributed by atoms with Gasteiger partial charge in [0.05, 0.1) is 0 Å². The third-order valence-corrected chi connectivity index (χ3v) is 8.89. The average molecular weight is 520 g/mol. The number of amides is 2. The van der Waals surface area contributed by atoms with Gasteiger partial charge in [0.25, 0.3) is 0 Å². The molecule has 4 atom stereocenters. The molecule has 6 heteroatoms. The van der Waals surface area contributed by atoms with Crippen LogP contribution in [0.15, 0.2) is 48.6 Å². The van der Waals surface area contributed by atoms with Crippen LogP contribution in [-0.2, 0) is 16.0 Å². The number of hydrogen-bond donors (Lipinski definition) is 0. The van der Waals surface area contributed by atoms with Crippen LogP contribution >= 0.6 is 0 Å². The molecule has 0 radical (unpaired) electrons. The number of nitrogens with zero attached hydrogens (tertiary/aromatic N) is 3. The highest BCUT2D eigenvalue weighted by molar-refractivity contribution is 5.77. The number of likely N-dealkylation sites (tertiary alicyclic amines) is 1. The van der Waals surface area contributed by atoms with Gasteiger partial charge in [0.1, 0.15) is 5.60 Å². The Morgan fingerprint density at radius 1 is 0.974 bits per heavy atom. The molecule has 3 unspecified atom stereocenters. The second-order valence-electron chi connectivity index (χ2n) is 12.7. The number of ether oxygens (including phenoxy) is 1. The zero-order valence-corrected chi connectivity index (χ0v) is 23.6. The molecule has 0 N–H and O–H groups in total. The summed E-state index contributed by atoms with van der Waals surface area (Å²) in [5.41, 5.74) is 2.50. The second kappa shape index (κ2) is 11.3. The summed E-state index contributed by atoms with van der Waals surface area (Å²) in [6, 6.07) is 9.48. The number of aryl methyl sites for hydroxylation is 1. The number of rotatable bonds is 3. The van der Waals surface area contributed by atoms with Gasteiger partial charge in [-0.1, -0.05) is 48.6 Å². The quantitative estimate of drug-likeness (QED) is 0.522. The maximum absolute atomic E-state index is 13.3. The van der Waals surface area contributed by atoms with E-state index in [1.54, 1.807) is 4.90 Å². The molecule has 1 aromatic carbocycles. The van der Waals surface area contributed by atoms with Crippen molar-refractivity contribution in [1.29, 1.82) is 0 Å². The lowest BCUT2D eigenvalue weighted by Gasteiger charge is -2.43. The van der Waals surface area contributed by atoms with Crippen molar-refractivity contribution in [3.63, 3.8) is 0 Å². The number of piperidine rings is 1. The Hall–Kier alpha value is -2.60. The highest BCUT2D eigenvalue weighted by Gasteiger charge is 2.38. The Morgan fingerprint density at radius 2 is 1.71 bits per heavy atom. The predicted octanol–water partition coefficient (Wildman–Crippen LogP) is 5.60. The third-order valence-electron chi connectivity index (χ3n) is 8.89. The van der Waals surface area contributed by atoms with Crippen LogP contribution in [0.2, 0.25) is 0 Å². The fraction of sp³-hybridized carbons (Fsp3) is 0.625. The van der Waals surface area contributed by atoms with Gasteiger partial charge >= 0.3 is 6.09 Å². The molecule has 2 amide bonds. The number of benzene rings is 1. The lowest BCUT2D eigenvalue weighted by molar-refractivity contribution is -0.137. The van der Waals surface area contributed by atoms with Crippen molar-refractivity contribution in [1.82, 2.24) is 14.7 Å². The fourth-order valence-electron chi connectivity index (χ4n) is 6.94. The summed E-state index contributed by atoms with van der Waals surface area (Å²) in [5.74, 6) is 1.77. The average Bonchev–Trinajstić information content (AvgIpc) is 3.05. The van der Waals surface area contributed by atoms with Crippen molar-refractivity contribution in [2.24, 2.45) is 17.8 Å². The van der Waals surface area contributed by atoms with Gasteiger partial charge in [-0.2, -0.15) is 0 Å². The molecular formula is C32H45N3O3. The van der Waals surface area contributed by atoms with Gasteiger partial charge in [-0.05, 0) is 89.4 Å². The van der Waals surface area contributed by atoms with E-state index in [1.165, 1.54) is 17.5 Å². The summed E-state index contributed by atoms with van der Waals surface area (Å²) < 4.78 is 5.54. The van der Waals surface area contributed by atoms with Crippen LogP contribution in [0.5, 0.6) is 0 Å². The van der Waals surface area contributed by atoms with Gasteiger partial charge in [0.2, 0.25) is 5.91 Å². The first-order valence-electron chi connectivity index (χ1n) is 14.6. The molecule has 2 aliphatic carbocycles. The molecule has 1 aromatic rings. The maximum Gasteiger partial charge on any atom is 0.410 e. The van der Waals surface area contributed by atoms with Crippen molar-refractivity contribution in [3.05, 3.63) is 59.7 Å². The van der Waals surface area contributed by atoms with E-state index in [2.05, 4.69) is 53.5 Å². The van der Waals surface area contributed by atoms with Crippen LogP contribution in [0, 0.1) is 17.8 Å². The van der Waals surface area contributed by atoms with Crippen molar-refractivity contribution in [2.75, 3.05) is 32.7 Å². The summed E-state index contributed by atoms with van der Waals surface area (Å²) in [7, 11) is 0. The minimum atomic E-state index is -0.508. The Balaban J connectivity index is 1.17. The van der Waals surface area contributed by atoms with Crippen molar-refractivity contribution >= 4 is 12.0 Å². The largest absolute Gasteiger partial charge is 0.444 e. The second-order valence-corrected chi connectivity index (χ2v) is 12.7. The number of carbonyl (C=O) groups excluding carboxylic acids is 2. The maximum atomic E-state index is 13.3. The minimum absolute atomic E-state index is 0.00873. The van der Waals surface area contributed by atoms with Gasteiger partial charge in [-0.3, -0.25) is 9.69 Å². The van der Waals surface area contributed by atoms with Gasteiger partial charge in [0, 0.05) is 44.1 Å². The first-order valence-corrected chi connectivity index (χ1v) is 14.6. The van der Waals surface area contributed by atoms with E-state index in [1.807, 2.05) is 32.6 Å². The molecule has 6 nitrogen and oxygen atoms in total. The third kappa shape index (κ3) is 6.01. The van der Waals surface area contributed by atoms with Crippen molar-refractivity contribution in [3.8, 4) is 0 Å². The summed E-state index contributed by atoms with van der Waals surface area (Å²) in [6.07, 6.45) is 14.1. The van der Waals surface area contributed by atoms with Gasteiger partial charge in [0.15, 0.2) is 0 Å². The van der Waals surface area contributed by atoms with E-state index in [9.17, 15) is 9.59 Å². The van der Waals surface area contributed by atoms with Gasteiger partial charge in [-0.25, -0.2) is 4.79 Å². The highest BCUT2D eigenvalue weighted by atomic mass is 16.6. The van der Waals surface area contributed by atoms with Crippen LogP contribution in [-0.4, -0.2) is 71.1 Å². The number of piperazine rings is 1. The van der Waals surface area contributed by atoms with Crippen LogP contribution in [0.1, 0.15) is 70.5 Å². The Kier molecular flexibility index (Phi) is 7.99. The van der Waals surface area contributed by atoms with Crippen LogP contribution in [0.25, 0.3) is 0 Å². The molecule has 4 aliphatic rings. The molecule has 2 aliphatic heterocycles. The first kappa shape index (κ1) is 27.0. The van der Waals surface area contributed by atoms with Crippen molar-refractivity contribution in [2.45, 2.75) is 77.5 Å². The van der Waals surface area contributed by atoms with E-state index in [0.717, 1.165) is 32.4 Å². The molecule has 5 rings (SSSR count). The molecule has 2 heterocycles. The van der Waals surface area contributed by atoms with Crippen LogP contribution in [0.3, 0.4) is 0 Å². The molecule has 0 saturated carbocycles. The molecule has 206 valence electrons. The first-order chi connectivity index (χ1) is 18.2. The Morgan fingerprint density at radius 3 is 2.45 bits per heavy atom. The van der Waals surface area contributed by atoms with E-state index in [4.69, 9.17) is 4.74 Å². The molecular weight excluding hydrogens is 474 g/mol. The number of carbonyl (C=O) groups is 2. The molecule has 2 saturated heterocycles. The zero-order valence-electron chi connectivity index (χ0n) is 23.6. The minimum Gasteiger partial charge on any atom is -0.444 e.